The zero-order chi connectivity index (χ0) is 33.7. The normalized spacial score (nSPS) is 15.2. The first-order valence-corrected chi connectivity index (χ1v) is 16.8. The summed E-state index contributed by atoms with van der Waals surface area (Å²) in [6, 6.07) is 50.9. The molecule has 0 amide bonds. The minimum absolute atomic E-state index is 0.0345. The SMILES string of the molecule is O=C1/C(=C/c2cn(-c3ccccc3)nc2-c2ccccc2)CN(Cc2ccccc2)C/C1=C\c1cn(-c2ccccc2)nc1-c1ccccc1. The molecule has 0 atom stereocenters. The van der Waals surface area contributed by atoms with Crippen molar-refractivity contribution in [3.05, 3.63) is 192 Å². The molecule has 2 aromatic heterocycles. The maximum absolute atomic E-state index is 14.6. The maximum Gasteiger partial charge on any atom is 0.187 e. The number of nitrogens with zero attached hydrogens (tertiary/aromatic N) is 5. The van der Waals surface area contributed by atoms with Gasteiger partial charge in [-0.2, -0.15) is 10.2 Å². The lowest BCUT2D eigenvalue weighted by Crippen LogP contribution is -2.37. The van der Waals surface area contributed by atoms with Crippen LogP contribution in [0.15, 0.2) is 175 Å². The summed E-state index contributed by atoms with van der Waals surface area (Å²) in [7, 11) is 0. The Labute approximate surface area is 291 Å². The fourth-order valence-corrected chi connectivity index (χ4v) is 6.49. The molecule has 1 aliphatic rings. The summed E-state index contributed by atoms with van der Waals surface area (Å²) in [4.78, 5) is 16.9. The highest BCUT2D eigenvalue weighted by molar-refractivity contribution is 6.15. The standard InChI is InChI=1S/C44H35N5O/c50-44-38(26-36-31-48(40-22-12-4-13-23-40)45-42(36)34-18-8-2-9-19-34)29-47(28-33-16-6-1-7-17-33)30-39(44)27-37-32-49(41-24-14-5-15-25-41)46-43(37)35-20-10-3-11-21-35/h1-27,31-32H,28-30H2/b38-26+,39-27+. The minimum Gasteiger partial charge on any atom is -0.290 e. The quantitative estimate of drug-likeness (QED) is 0.154. The van der Waals surface area contributed by atoms with Crippen LogP contribution >= 0.6 is 0 Å². The van der Waals surface area contributed by atoms with Gasteiger partial charge in [-0.25, -0.2) is 9.36 Å². The van der Waals surface area contributed by atoms with E-state index in [-0.39, 0.29) is 5.78 Å². The lowest BCUT2D eigenvalue weighted by Gasteiger charge is -2.30. The van der Waals surface area contributed by atoms with Gasteiger partial charge in [-0.1, -0.05) is 127 Å². The average molecular weight is 650 g/mol. The van der Waals surface area contributed by atoms with Gasteiger partial charge >= 0.3 is 0 Å². The predicted octanol–water partition coefficient (Wildman–Crippen LogP) is 8.94. The smallest absolute Gasteiger partial charge is 0.187 e. The van der Waals surface area contributed by atoms with Gasteiger partial charge < -0.3 is 0 Å². The second-order valence-electron chi connectivity index (χ2n) is 12.5. The minimum atomic E-state index is 0.0345. The van der Waals surface area contributed by atoms with Gasteiger partial charge in [-0.15, -0.1) is 0 Å². The van der Waals surface area contributed by atoms with Gasteiger partial charge in [-0.05, 0) is 42.0 Å². The predicted molar refractivity (Wildman–Crippen MR) is 201 cm³/mol. The summed E-state index contributed by atoms with van der Waals surface area (Å²) < 4.78 is 3.79. The molecule has 0 N–H and O–H groups in total. The topological polar surface area (TPSA) is 56.0 Å². The van der Waals surface area contributed by atoms with Gasteiger partial charge in [0.05, 0.1) is 22.8 Å². The van der Waals surface area contributed by atoms with Crippen LogP contribution in [0.4, 0.5) is 0 Å². The number of carbonyl (C=O) groups excluding carboxylic acids is 1. The molecule has 6 heteroatoms. The first kappa shape index (κ1) is 30.9. The van der Waals surface area contributed by atoms with E-state index in [1.165, 1.54) is 5.56 Å². The second-order valence-corrected chi connectivity index (χ2v) is 12.5. The van der Waals surface area contributed by atoms with E-state index in [9.17, 15) is 4.79 Å². The number of carbonyl (C=O) groups is 1. The summed E-state index contributed by atoms with van der Waals surface area (Å²) in [5, 5.41) is 10.0. The van der Waals surface area contributed by atoms with Crippen molar-refractivity contribution in [3.63, 3.8) is 0 Å². The zero-order valence-electron chi connectivity index (χ0n) is 27.5. The Morgan fingerprint density at radius 1 is 0.500 bits per heavy atom. The highest BCUT2D eigenvalue weighted by Crippen LogP contribution is 2.31. The lowest BCUT2D eigenvalue weighted by molar-refractivity contribution is -0.113. The van der Waals surface area contributed by atoms with Crippen LogP contribution in [0, 0.1) is 0 Å². The Bertz CT molecular complexity index is 2150. The van der Waals surface area contributed by atoms with Crippen molar-refractivity contribution in [1.29, 1.82) is 0 Å². The number of para-hydroxylation sites is 2. The van der Waals surface area contributed by atoms with Crippen LogP contribution in [0.25, 0.3) is 46.0 Å². The summed E-state index contributed by atoms with van der Waals surface area (Å²) >= 11 is 0. The average Bonchev–Trinajstić information content (AvgIpc) is 3.80. The zero-order valence-corrected chi connectivity index (χ0v) is 27.5. The van der Waals surface area contributed by atoms with Gasteiger partial charge in [0.2, 0.25) is 0 Å². The molecular formula is C44H35N5O. The number of hydrogen-bond acceptors (Lipinski definition) is 4. The Morgan fingerprint density at radius 3 is 1.30 bits per heavy atom. The van der Waals surface area contributed by atoms with Gasteiger partial charge in [0, 0.05) is 65.4 Å². The number of piperidine rings is 1. The maximum atomic E-state index is 14.6. The third kappa shape index (κ3) is 6.65. The molecule has 0 aliphatic carbocycles. The van der Waals surface area contributed by atoms with E-state index in [1.807, 2.05) is 137 Å². The van der Waals surface area contributed by atoms with E-state index in [4.69, 9.17) is 10.2 Å². The molecule has 8 rings (SSSR count). The number of likely N-dealkylation sites (tertiary alicyclic amines) is 1. The molecule has 6 nitrogen and oxygen atoms in total. The number of Topliss-reactive ketones (excluding diaryl/α,β-unsaturated/α-hetero) is 1. The third-order valence-electron chi connectivity index (χ3n) is 8.90. The molecule has 0 radical (unpaired) electrons. The van der Waals surface area contributed by atoms with Crippen molar-refractivity contribution < 1.29 is 4.79 Å². The Hall–Kier alpha value is -6.37. The largest absolute Gasteiger partial charge is 0.290 e. The molecule has 1 saturated heterocycles. The first-order valence-electron chi connectivity index (χ1n) is 16.8. The van der Waals surface area contributed by atoms with Gasteiger partial charge in [0.15, 0.2) is 5.78 Å². The number of aromatic nitrogens is 4. The van der Waals surface area contributed by atoms with Crippen molar-refractivity contribution in [2.24, 2.45) is 0 Å². The van der Waals surface area contributed by atoms with Crippen molar-refractivity contribution in [3.8, 4) is 33.9 Å². The van der Waals surface area contributed by atoms with Crippen molar-refractivity contribution in [2.75, 3.05) is 13.1 Å². The molecule has 0 bridgehead atoms. The van der Waals surface area contributed by atoms with Gasteiger partial charge in [0.25, 0.3) is 0 Å². The first-order chi connectivity index (χ1) is 24.7. The van der Waals surface area contributed by atoms with E-state index in [0.717, 1.165) is 56.2 Å². The van der Waals surface area contributed by atoms with Crippen LogP contribution < -0.4 is 0 Å². The van der Waals surface area contributed by atoms with Crippen LogP contribution in [0.5, 0.6) is 0 Å². The van der Waals surface area contributed by atoms with Crippen molar-refractivity contribution >= 4 is 17.9 Å². The van der Waals surface area contributed by atoms with E-state index < -0.39 is 0 Å². The molecule has 0 unspecified atom stereocenters. The second kappa shape index (κ2) is 14.0. The molecule has 7 aromatic rings. The van der Waals surface area contributed by atoms with E-state index >= 15 is 0 Å². The van der Waals surface area contributed by atoms with E-state index in [0.29, 0.717) is 19.6 Å². The molecule has 50 heavy (non-hydrogen) atoms. The number of rotatable bonds is 8. The molecule has 242 valence electrons. The van der Waals surface area contributed by atoms with Gasteiger partial charge in [0.1, 0.15) is 0 Å². The third-order valence-corrected chi connectivity index (χ3v) is 8.90. The molecule has 5 aromatic carbocycles. The summed E-state index contributed by atoms with van der Waals surface area (Å²) in [6.07, 6.45) is 8.12. The molecular weight excluding hydrogens is 615 g/mol. The Balaban J connectivity index is 1.24. The molecule has 0 saturated carbocycles. The summed E-state index contributed by atoms with van der Waals surface area (Å²) in [5.41, 5.74) is 10.00. The monoisotopic (exact) mass is 649 g/mol. The van der Waals surface area contributed by atoms with Crippen LogP contribution in [0.1, 0.15) is 16.7 Å². The highest BCUT2D eigenvalue weighted by Gasteiger charge is 2.28. The molecule has 0 spiro atoms. The lowest BCUT2D eigenvalue weighted by atomic mass is 9.93. The highest BCUT2D eigenvalue weighted by atomic mass is 16.1. The molecule has 1 aliphatic heterocycles. The number of benzene rings is 5. The van der Waals surface area contributed by atoms with Gasteiger partial charge in [-0.3, -0.25) is 9.69 Å². The summed E-state index contributed by atoms with van der Waals surface area (Å²) in [6.45, 7) is 1.75. The Kier molecular flexibility index (Phi) is 8.66. The number of ketones is 1. The van der Waals surface area contributed by atoms with E-state index in [2.05, 4.69) is 53.4 Å². The number of hydrogen-bond donors (Lipinski definition) is 0. The van der Waals surface area contributed by atoms with Crippen molar-refractivity contribution in [2.45, 2.75) is 6.54 Å². The fourth-order valence-electron chi connectivity index (χ4n) is 6.49. The van der Waals surface area contributed by atoms with E-state index in [1.54, 1.807) is 0 Å². The molecule has 1 fully saturated rings. The molecule has 3 heterocycles. The van der Waals surface area contributed by atoms with Crippen LogP contribution in [0.2, 0.25) is 0 Å². The van der Waals surface area contributed by atoms with Crippen LogP contribution in [0.3, 0.4) is 0 Å². The fraction of sp³-hybridized carbons (Fsp3) is 0.0682. The van der Waals surface area contributed by atoms with Crippen LogP contribution in [-0.2, 0) is 11.3 Å². The van der Waals surface area contributed by atoms with Crippen molar-refractivity contribution in [1.82, 2.24) is 24.5 Å². The summed E-state index contributed by atoms with van der Waals surface area (Å²) in [5.74, 6) is 0.0345. The van der Waals surface area contributed by atoms with Crippen LogP contribution in [-0.4, -0.2) is 43.3 Å². The Morgan fingerprint density at radius 2 is 0.880 bits per heavy atom.